The smallest absolute Gasteiger partial charge is 0.127 e. The van der Waals surface area contributed by atoms with Gasteiger partial charge in [0.2, 0.25) is 0 Å². The van der Waals surface area contributed by atoms with E-state index in [4.69, 9.17) is 10.5 Å². The van der Waals surface area contributed by atoms with Crippen molar-refractivity contribution in [1.29, 1.82) is 0 Å². The van der Waals surface area contributed by atoms with Gasteiger partial charge in [0.1, 0.15) is 11.6 Å². The third kappa shape index (κ3) is 2.97. The summed E-state index contributed by atoms with van der Waals surface area (Å²) >= 11 is 3.55. The van der Waals surface area contributed by atoms with Crippen molar-refractivity contribution in [2.24, 2.45) is 5.73 Å². The lowest BCUT2D eigenvalue weighted by Gasteiger charge is -2.22. The standard InChI is InChI=1S/C17H19BrFNO/c1-9-5-6-12(19)8-13(9)16(20)15-11(3)14(18)7-10(2)17(15)21-4/h5-8,16H,20H2,1-4H3. The maximum Gasteiger partial charge on any atom is 0.127 e. The van der Waals surface area contributed by atoms with Crippen LogP contribution in [0.25, 0.3) is 0 Å². The Hall–Kier alpha value is -1.39. The molecule has 0 heterocycles. The number of aryl methyl sites for hydroxylation is 2. The van der Waals surface area contributed by atoms with Crippen LogP contribution in [0.4, 0.5) is 4.39 Å². The van der Waals surface area contributed by atoms with Crippen molar-refractivity contribution in [2.45, 2.75) is 26.8 Å². The molecule has 0 aliphatic rings. The van der Waals surface area contributed by atoms with E-state index in [2.05, 4.69) is 15.9 Å². The van der Waals surface area contributed by atoms with Crippen LogP contribution in [0.2, 0.25) is 0 Å². The first-order chi connectivity index (χ1) is 9.86. The molecule has 2 N–H and O–H groups in total. The van der Waals surface area contributed by atoms with E-state index in [9.17, 15) is 4.39 Å². The number of hydrogen-bond acceptors (Lipinski definition) is 2. The topological polar surface area (TPSA) is 35.2 Å². The molecule has 0 fully saturated rings. The molecule has 0 saturated heterocycles. The average molecular weight is 352 g/mol. The van der Waals surface area contributed by atoms with E-state index in [0.717, 1.165) is 38.0 Å². The minimum Gasteiger partial charge on any atom is -0.496 e. The fourth-order valence-electron chi connectivity index (χ4n) is 2.62. The molecule has 2 aromatic carbocycles. The van der Waals surface area contributed by atoms with Gasteiger partial charge >= 0.3 is 0 Å². The van der Waals surface area contributed by atoms with Gasteiger partial charge in [0.25, 0.3) is 0 Å². The Kier molecular flexibility index (Phi) is 4.69. The molecule has 1 atom stereocenters. The Morgan fingerprint density at radius 2 is 1.81 bits per heavy atom. The van der Waals surface area contributed by atoms with Gasteiger partial charge in [0.05, 0.1) is 13.2 Å². The molecule has 21 heavy (non-hydrogen) atoms. The zero-order valence-corrected chi connectivity index (χ0v) is 14.2. The summed E-state index contributed by atoms with van der Waals surface area (Å²) in [4.78, 5) is 0. The molecule has 0 spiro atoms. The molecule has 0 amide bonds. The Labute approximate surface area is 133 Å². The van der Waals surface area contributed by atoms with Gasteiger partial charge in [-0.15, -0.1) is 0 Å². The Morgan fingerprint density at radius 1 is 1.14 bits per heavy atom. The number of rotatable bonds is 3. The molecular formula is C17H19BrFNO. The first kappa shape index (κ1) is 16.0. The molecule has 0 aromatic heterocycles. The predicted molar refractivity (Wildman–Crippen MR) is 87.3 cm³/mol. The molecule has 0 radical (unpaired) electrons. The second-order valence-corrected chi connectivity index (χ2v) is 6.08. The van der Waals surface area contributed by atoms with E-state index in [1.165, 1.54) is 12.1 Å². The van der Waals surface area contributed by atoms with Crippen molar-refractivity contribution in [3.63, 3.8) is 0 Å². The first-order valence-electron chi connectivity index (χ1n) is 6.72. The number of nitrogens with two attached hydrogens (primary N) is 1. The summed E-state index contributed by atoms with van der Waals surface area (Å²) in [6.07, 6.45) is 0. The van der Waals surface area contributed by atoms with E-state index >= 15 is 0 Å². The number of ether oxygens (including phenoxy) is 1. The van der Waals surface area contributed by atoms with E-state index in [0.29, 0.717) is 0 Å². The fourth-order valence-corrected chi connectivity index (χ4v) is 3.18. The van der Waals surface area contributed by atoms with Crippen molar-refractivity contribution >= 4 is 15.9 Å². The summed E-state index contributed by atoms with van der Waals surface area (Å²) in [6.45, 7) is 5.88. The van der Waals surface area contributed by atoms with E-state index in [-0.39, 0.29) is 5.82 Å². The average Bonchev–Trinajstić information content (AvgIpc) is 2.44. The number of benzene rings is 2. The molecule has 2 nitrogen and oxygen atoms in total. The second-order valence-electron chi connectivity index (χ2n) is 5.23. The number of halogens is 2. The zero-order chi connectivity index (χ0) is 15.7. The van der Waals surface area contributed by atoms with Crippen molar-refractivity contribution in [3.8, 4) is 5.75 Å². The summed E-state index contributed by atoms with van der Waals surface area (Å²) in [5, 5.41) is 0. The molecule has 4 heteroatoms. The minimum absolute atomic E-state index is 0.283. The van der Waals surface area contributed by atoms with Gasteiger partial charge in [0, 0.05) is 10.0 Å². The highest BCUT2D eigenvalue weighted by Crippen LogP contribution is 2.38. The quantitative estimate of drug-likeness (QED) is 0.878. The monoisotopic (exact) mass is 351 g/mol. The lowest BCUT2D eigenvalue weighted by molar-refractivity contribution is 0.404. The predicted octanol–water partition coefficient (Wildman–Crippen LogP) is 4.57. The number of hydrogen-bond donors (Lipinski definition) is 1. The van der Waals surface area contributed by atoms with Gasteiger partial charge in [-0.3, -0.25) is 0 Å². The van der Waals surface area contributed by atoms with Crippen LogP contribution in [0, 0.1) is 26.6 Å². The van der Waals surface area contributed by atoms with Crippen molar-refractivity contribution in [2.75, 3.05) is 7.11 Å². The normalized spacial score (nSPS) is 12.3. The Morgan fingerprint density at radius 3 is 2.43 bits per heavy atom. The van der Waals surface area contributed by atoms with Crippen LogP contribution in [-0.2, 0) is 0 Å². The van der Waals surface area contributed by atoms with Gasteiger partial charge in [-0.05, 0) is 61.2 Å². The highest BCUT2D eigenvalue weighted by molar-refractivity contribution is 9.10. The van der Waals surface area contributed by atoms with Gasteiger partial charge < -0.3 is 10.5 Å². The second kappa shape index (κ2) is 6.16. The largest absolute Gasteiger partial charge is 0.496 e. The van der Waals surface area contributed by atoms with Crippen LogP contribution >= 0.6 is 15.9 Å². The van der Waals surface area contributed by atoms with Gasteiger partial charge in [-0.2, -0.15) is 0 Å². The van der Waals surface area contributed by atoms with Crippen molar-refractivity contribution in [1.82, 2.24) is 0 Å². The number of methoxy groups -OCH3 is 1. The van der Waals surface area contributed by atoms with Gasteiger partial charge in [-0.25, -0.2) is 4.39 Å². The summed E-state index contributed by atoms with van der Waals surface area (Å²) < 4.78 is 20.1. The van der Waals surface area contributed by atoms with Crippen LogP contribution in [0.5, 0.6) is 5.75 Å². The molecule has 1 unspecified atom stereocenters. The SMILES string of the molecule is COc1c(C)cc(Br)c(C)c1C(N)c1cc(F)ccc1C. The Balaban J connectivity index is 2.68. The lowest BCUT2D eigenvalue weighted by Crippen LogP contribution is -2.17. The van der Waals surface area contributed by atoms with Crippen molar-refractivity contribution < 1.29 is 9.13 Å². The third-order valence-corrected chi connectivity index (χ3v) is 4.62. The lowest BCUT2D eigenvalue weighted by atomic mass is 9.90. The van der Waals surface area contributed by atoms with E-state index < -0.39 is 6.04 Å². The summed E-state index contributed by atoms with van der Waals surface area (Å²) in [5.74, 6) is 0.473. The third-order valence-electron chi connectivity index (χ3n) is 3.80. The summed E-state index contributed by atoms with van der Waals surface area (Å²) in [6, 6.07) is 6.25. The van der Waals surface area contributed by atoms with E-state index in [1.54, 1.807) is 13.2 Å². The zero-order valence-electron chi connectivity index (χ0n) is 12.6. The van der Waals surface area contributed by atoms with Crippen molar-refractivity contribution in [3.05, 3.63) is 62.4 Å². The van der Waals surface area contributed by atoms with Crippen LogP contribution in [0.3, 0.4) is 0 Å². The Bertz CT molecular complexity index is 685. The molecular weight excluding hydrogens is 333 g/mol. The first-order valence-corrected chi connectivity index (χ1v) is 7.51. The highest BCUT2D eigenvalue weighted by Gasteiger charge is 2.22. The summed E-state index contributed by atoms with van der Waals surface area (Å²) in [5.41, 5.74) is 11.1. The van der Waals surface area contributed by atoms with Crippen LogP contribution in [0.15, 0.2) is 28.7 Å². The highest BCUT2D eigenvalue weighted by atomic mass is 79.9. The fraction of sp³-hybridized carbons (Fsp3) is 0.294. The molecule has 2 aromatic rings. The molecule has 0 aliphatic carbocycles. The molecule has 0 aliphatic heterocycles. The molecule has 0 saturated carbocycles. The van der Waals surface area contributed by atoms with Crippen LogP contribution in [-0.4, -0.2) is 7.11 Å². The maximum absolute atomic E-state index is 13.6. The molecule has 2 rings (SSSR count). The summed E-state index contributed by atoms with van der Waals surface area (Å²) in [7, 11) is 1.63. The molecule has 112 valence electrons. The molecule has 0 bridgehead atoms. The van der Waals surface area contributed by atoms with Gasteiger partial charge in [0.15, 0.2) is 0 Å². The maximum atomic E-state index is 13.6. The van der Waals surface area contributed by atoms with Crippen LogP contribution < -0.4 is 10.5 Å². The minimum atomic E-state index is -0.438. The van der Waals surface area contributed by atoms with Crippen LogP contribution in [0.1, 0.15) is 33.9 Å². The van der Waals surface area contributed by atoms with E-state index in [1.807, 2.05) is 26.8 Å². The van der Waals surface area contributed by atoms with Gasteiger partial charge in [-0.1, -0.05) is 22.0 Å².